The minimum atomic E-state index is -0.641. The van der Waals surface area contributed by atoms with E-state index in [1.165, 1.54) is 12.1 Å². The fourth-order valence-corrected chi connectivity index (χ4v) is 4.04. The molecule has 2 amide bonds. The molecule has 2 aromatic rings. The number of benzene rings is 2. The molecule has 1 heterocycles. The lowest BCUT2D eigenvalue weighted by Gasteiger charge is -2.39. The molecule has 5 nitrogen and oxygen atoms in total. The predicted molar refractivity (Wildman–Crippen MR) is 123 cm³/mol. The predicted octanol–water partition coefficient (Wildman–Crippen LogP) is 4.42. The van der Waals surface area contributed by atoms with Crippen LogP contribution in [0, 0.1) is 11.7 Å². The third-order valence-electron chi connectivity index (χ3n) is 5.65. The van der Waals surface area contributed by atoms with Crippen molar-refractivity contribution in [1.29, 1.82) is 0 Å². The van der Waals surface area contributed by atoms with Crippen molar-refractivity contribution < 1.29 is 18.7 Å². The lowest BCUT2D eigenvalue weighted by atomic mass is 9.87. The summed E-state index contributed by atoms with van der Waals surface area (Å²) < 4.78 is 20.1. The number of hydrogen-bond donors (Lipinski definition) is 1. The standard InChI is InChI=1S/C26H31FN2O3/c1-5-13-28-25(30)23(6-2)32-21-11-10-18-12-14-29(26(31)17(3)4)24(22(18)16-21)19-8-7-9-20(27)15-19/h5,7-11,15-17,23-24H,1,6,12-14H2,2-4H3,(H,28,30). The third-order valence-corrected chi connectivity index (χ3v) is 5.65. The summed E-state index contributed by atoms with van der Waals surface area (Å²) in [6.07, 6.45) is 2.19. The first-order chi connectivity index (χ1) is 15.3. The number of fused-ring (bicyclic) bond motifs is 1. The Balaban J connectivity index is 1.99. The smallest absolute Gasteiger partial charge is 0.261 e. The monoisotopic (exact) mass is 438 g/mol. The van der Waals surface area contributed by atoms with Gasteiger partial charge in [0.05, 0.1) is 6.04 Å². The van der Waals surface area contributed by atoms with Crippen LogP contribution in [-0.4, -0.2) is 35.9 Å². The van der Waals surface area contributed by atoms with Gasteiger partial charge in [-0.05, 0) is 53.8 Å². The summed E-state index contributed by atoms with van der Waals surface area (Å²) in [5.41, 5.74) is 2.70. The molecule has 0 aromatic heterocycles. The van der Waals surface area contributed by atoms with Crippen LogP contribution in [0.2, 0.25) is 0 Å². The van der Waals surface area contributed by atoms with Gasteiger partial charge in [-0.25, -0.2) is 4.39 Å². The molecular weight excluding hydrogens is 407 g/mol. The van der Waals surface area contributed by atoms with Crippen LogP contribution in [0.1, 0.15) is 49.9 Å². The summed E-state index contributed by atoms with van der Waals surface area (Å²) in [4.78, 5) is 27.2. The van der Waals surface area contributed by atoms with Crippen molar-refractivity contribution in [3.63, 3.8) is 0 Å². The molecule has 0 saturated heterocycles. The number of ether oxygens (including phenoxy) is 1. The molecule has 2 unspecified atom stereocenters. The lowest BCUT2D eigenvalue weighted by Crippen LogP contribution is -2.42. The maximum atomic E-state index is 14.1. The number of hydrogen-bond acceptors (Lipinski definition) is 3. The molecule has 1 aliphatic heterocycles. The Bertz CT molecular complexity index is 989. The van der Waals surface area contributed by atoms with Gasteiger partial charge in [0.15, 0.2) is 6.10 Å². The summed E-state index contributed by atoms with van der Waals surface area (Å²) in [7, 11) is 0. The van der Waals surface area contributed by atoms with Gasteiger partial charge >= 0.3 is 0 Å². The van der Waals surface area contributed by atoms with Crippen molar-refractivity contribution in [2.75, 3.05) is 13.1 Å². The highest BCUT2D eigenvalue weighted by Gasteiger charge is 2.33. The highest BCUT2D eigenvalue weighted by atomic mass is 19.1. The average molecular weight is 439 g/mol. The van der Waals surface area contributed by atoms with Crippen LogP contribution in [0.3, 0.4) is 0 Å². The van der Waals surface area contributed by atoms with Crippen LogP contribution < -0.4 is 10.1 Å². The van der Waals surface area contributed by atoms with Crippen LogP contribution in [-0.2, 0) is 16.0 Å². The Kier molecular flexibility index (Phi) is 7.67. The van der Waals surface area contributed by atoms with E-state index in [0.717, 1.165) is 11.1 Å². The van der Waals surface area contributed by atoms with Gasteiger partial charge in [-0.2, -0.15) is 0 Å². The number of nitrogens with one attached hydrogen (secondary N) is 1. The SMILES string of the molecule is C=CCNC(=O)C(CC)Oc1ccc2c(c1)C(c1cccc(F)c1)N(C(=O)C(C)C)CC2. The summed E-state index contributed by atoms with van der Waals surface area (Å²) >= 11 is 0. The maximum Gasteiger partial charge on any atom is 0.261 e. The normalized spacial score (nSPS) is 16.3. The van der Waals surface area contributed by atoms with Crippen molar-refractivity contribution in [2.24, 2.45) is 5.92 Å². The minimum Gasteiger partial charge on any atom is -0.481 e. The molecule has 32 heavy (non-hydrogen) atoms. The first-order valence-corrected chi connectivity index (χ1v) is 11.1. The lowest BCUT2D eigenvalue weighted by molar-refractivity contribution is -0.136. The molecule has 2 aromatic carbocycles. The van der Waals surface area contributed by atoms with Gasteiger partial charge in [0, 0.05) is 19.0 Å². The first kappa shape index (κ1) is 23.5. The molecule has 0 bridgehead atoms. The molecule has 1 aliphatic rings. The summed E-state index contributed by atoms with van der Waals surface area (Å²) in [6.45, 7) is 10.2. The van der Waals surface area contributed by atoms with Crippen LogP contribution >= 0.6 is 0 Å². The van der Waals surface area contributed by atoms with Crippen molar-refractivity contribution in [3.8, 4) is 5.75 Å². The third kappa shape index (κ3) is 5.18. The van der Waals surface area contributed by atoms with E-state index in [2.05, 4.69) is 11.9 Å². The second-order valence-electron chi connectivity index (χ2n) is 8.30. The van der Waals surface area contributed by atoms with E-state index in [9.17, 15) is 14.0 Å². The van der Waals surface area contributed by atoms with Crippen LogP contribution in [0.25, 0.3) is 0 Å². The zero-order chi connectivity index (χ0) is 23.3. The summed E-state index contributed by atoms with van der Waals surface area (Å²) in [5.74, 6) is -0.159. The van der Waals surface area contributed by atoms with Gasteiger partial charge in [0.1, 0.15) is 11.6 Å². The fraction of sp³-hybridized carbons (Fsp3) is 0.385. The molecule has 0 fully saturated rings. The van der Waals surface area contributed by atoms with Crippen molar-refractivity contribution in [2.45, 2.75) is 45.8 Å². The Labute approximate surface area is 189 Å². The van der Waals surface area contributed by atoms with E-state index in [-0.39, 0.29) is 23.5 Å². The molecule has 2 atom stereocenters. The highest BCUT2D eigenvalue weighted by molar-refractivity contribution is 5.81. The van der Waals surface area contributed by atoms with Crippen LogP contribution in [0.4, 0.5) is 4.39 Å². The van der Waals surface area contributed by atoms with E-state index >= 15 is 0 Å². The van der Waals surface area contributed by atoms with Crippen molar-refractivity contribution in [3.05, 3.63) is 77.6 Å². The first-order valence-electron chi connectivity index (χ1n) is 11.1. The number of nitrogens with zero attached hydrogens (tertiary/aromatic N) is 1. The number of carbonyl (C=O) groups excluding carboxylic acids is 2. The van der Waals surface area contributed by atoms with Gasteiger partial charge in [-0.1, -0.05) is 45.0 Å². The maximum absolute atomic E-state index is 14.1. The summed E-state index contributed by atoms with van der Waals surface area (Å²) in [6, 6.07) is 11.7. The second-order valence-corrected chi connectivity index (χ2v) is 8.30. The van der Waals surface area contributed by atoms with Gasteiger partial charge < -0.3 is 15.0 Å². The molecule has 0 spiro atoms. The number of carbonyl (C=O) groups is 2. The topological polar surface area (TPSA) is 58.6 Å². The van der Waals surface area contributed by atoms with Crippen molar-refractivity contribution >= 4 is 11.8 Å². The van der Waals surface area contributed by atoms with Gasteiger partial charge in [-0.15, -0.1) is 6.58 Å². The largest absolute Gasteiger partial charge is 0.481 e. The summed E-state index contributed by atoms with van der Waals surface area (Å²) in [5, 5.41) is 2.76. The quantitative estimate of drug-likeness (QED) is 0.621. The molecule has 0 radical (unpaired) electrons. The van der Waals surface area contributed by atoms with E-state index < -0.39 is 12.1 Å². The molecule has 1 N–H and O–H groups in total. The molecule has 170 valence electrons. The molecule has 0 saturated carbocycles. The molecule has 0 aliphatic carbocycles. The minimum absolute atomic E-state index is 0.0199. The molecular formula is C26H31FN2O3. The van der Waals surface area contributed by atoms with Crippen LogP contribution in [0.5, 0.6) is 5.75 Å². The van der Waals surface area contributed by atoms with Gasteiger partial charge in [0.25, 0.3) is 5.91 Å². The Morgan fingerprint density at radius 1 is 1.28 bits per heavy atom. The second kappa shape index (κ2) is 10.4. The zero-order valence-electron chi connectivity index (χ0n) is 18.9. The molecule has 6 heteroatoms. The fourth-order valence-electron chi connectivity index (χ4n) is 4.04. The van der Waals surface area contributed by atoms with E-state index in [4.69, 9.17) is 4.74 Å². The number of amides is 2. The Hall–Kier alpha value is -3.15. The highest BCUT2D eigenvalue weighted by Crippen LogP contribution is 2.38. The average Bonchev–Trinajstić information content (AvgIpc) is 2.79. The van der Waals surface area contributed by atoms with Gasteiger partial charge in [-0.3, -0.25) is 9.59 Å². The van der Waals surface area contributed by atoms with Crippen molar-refractivity contribution in [1.82, 2.24) is 10.2 Å². The number of rotatable bonds is 8. The van der Waals surface area contributed by atoms with Gasteiger partial charge in [0.2, 0.25) is 5.91 Å². The Morgan fingerprint density at radius 2 is 2.06 bits per heavy atom. The van der Waals surface area contributed by atoms with E-state index in [0.29, 0.717) is 37.2 Å². The van der Waals surface area contributed by atoms with Crippen LogP contribution in [0.15, 0.2) is 55.1 Å². The number of halogens is 1. The zero-order valence-corrected chi connectivity index (χ0v) is 18.9. The van der Waals surface area contributed by atoms with E-state index in [1.54, 1.807) is 12.1 Å². The van der Waals surface area contributed by atoms with E-state index in [1.807, 2.05) is 49.9 Å². The molecule has 3 rings (SSSR count). The Morgan fingerprint density at radius 3 is 2.72 bits per heavy atom.